The molecule has 0 aliphatic rings. The quantitative estimate of drug-likeness (QED) is 0.881. The van der Waals surface area contributed by atoms with Gasteiger partial charge in [-0.15, -0.1) is 0 Å². The fourth-order valence-electron chi connectivity index (χ4n) is 1.54. The van der Waals surface area contributed by atoms with Crippen molar-refractivity contribution in [1.29, 1.82) is 0 Å². The Morgan fingerprint density at radius 1 is 1.29 bits per heavy atom. The van der Waals surface area contributed by atoms with Crippen molar-refractivity contribution in [2.45, 2.75) is 39.4 Å². The molecule has 0 radical (unpaired) electrons. The molecular weight excluding hydrogens is 305 g/mol. The van der Waals surface area contributed by atoms with Crippen LogP contribution in [-0.4, -0.2) is 11.9 Å². The highest BCUT2D eigenvalue weighted by atomic mass is 35.5. The van der Waals surface area contributed by atoms with Crippen LogP contribution in [0.15, 0.2) is 18.2 Å². The predicted molar refractivity (Wildman–Crippen MR) is 77.1 cm³/mol. The Labute approximate surface area is 126 Å². The molecule has 1 unspecified atom stereocenters. The summed E-state index contributed by atoms with van der Waals surface area (Å²) in [6.45, 7) is 5.64. The largest absolute Gasteiger partial charge is 0.416 e. The summed E-state index contributed by atoms with van der Waals surface area (Å²) in [6, 6.07) is 2.50. The van der Waals surface area contributed by atoms with Crippen LogP contribution in [0.2, 0.25) is 5.02 Å². The Morgan fingerprint density at radius 2 is 1.86 bits per heavy atom. The molecule has 7 heteroatoms. The van der Waals surface area contributed by atoms with Gasteiger partial charge in [-0.2, -0.15) is 13.2 Å². The number of carbonyl (C=O) groups excluding carboxylic acids is 1. The highest BCUT2D eigenvalue weighted by Gasteiger charge is 2.31. The molecule has 0 saturated carbocycles. The van der Waals surface area contributed by atoms with Gasteiger partial charge < -0.3 is 11.1 Å². The molecule has 1 atom stereocenters. The van der Waals surface area contributed by atoms with E-state index >= 15 is 0 Å². The van der Waals surface area contributed by atoms with E-state index in [-0.39, 0.29) is 22.5 Å². The molecule has 1 aromatic rings. The van der Waals surface area contributed by atoms with E-state index in [4.69, 9.17) is 17.3 Å². The van der Waals surface area contributed by atoms with Gasteiger partial charge in [0.25, 0.3) is 0 Å². The Hall–Kier alpha value is -1.27. The Bertz CT molecular complexity index is 524. The minimum Gasteiger partial charge on any atom is -0.327 e. The van der Waals surface area contributed by atoms with Crippen LogP contribution >= 0.6 is 11.6 Å². The first-order valence-electron chi connectivity index (χ1n) is 6.33. The van der Waals surface area contributed by atoms with Crippen LogP contribution in [0.5, 0.6) is 0 Å². The van der Waals surface area contributed by atoms with Gasteiger partial charge in [0.05, 0.1) is 5.56 Å². The smallest absolute Gasteiger partial charge is 0.327 e. The molecule has 0 aliphatic carbocycles. The summed E-state index contributed by atoms with van der Waals surface area (Å²) in [5.74, 6) is -0.451. The number of anilines is 1. The van der Waals surface area contributed by atoms with Gasteiger partial charge in [-0.05, 0) is 23.6 Å². The molecular formula is C14H18ClF3N2O. The zero-order valence-electron chi connectivity index (χ0n) is 12.0. The van der Waals surface area contributed by atoms with Crippen LogP contribution in [0.1, 0.15) is 32.8 Å². The zero-order valence-corrected chi connectivity index (χ0v) is 12.8. The SMILES string of the molecule is CC(C)(C)C(N)CC(=O)Nc1cc(Cl)cc(C(F)(F)F)c1. The van der Waals surface area contributed by atoms with Crippen LogP contribution in [0, 0.1) is 5.41 Å². The first-order chi connectivity index (χ1) is 9.39. The summed E-state index contributed by atoms with van der Waals surface area (Å²) in [5.41, 5.74) is 4.68. The van der Waals surface area contributed by atoms with Crippen LogP contribution in [0.25, 0.3) is 0 Å². The van der Waals surface area contributed by atoms with Crippen LogP contribution < -0.4 is 11.1 Å². The zero-order chi connectivity index (χ0) is 16.4. The third-order valence-electron chi connectivity index (χ3n) is 3.03. The van der Waals surface area contributed by atoms with E-state index in [0.717, 1.165) is 12.1 Å². The van der Waals surface area contributed by atoms with Crippen molar-refractivity contribution in [1.82, 2.24) is 0 Å². The average Bonchev–Trinajstić information content (AvgIpc) is 2.25. The lowest BCUT2D eigenvalue weighted by atomic mass is 9.85. The first-order valence-corrected chi connectivity index (χ1v) is 6.70. The van der Waals surface area contributed by atoms with Gasteiger partial charge in [-0.3, -0.25) is 4.79 Å². The summed E-state index contributed by atoms with van der Waals surface area (Å²) < 4.78 is 38.0. The third-order valence-corrected chi connectivity index (χ3v) is 3.24. The van der Waals surface area contributed by atoms with Gasteiger partial charge in [0, 0.05) is 23.2 Å². The summed E-state index contributed by atoms with van der Waals surface area (Å²) in [7, 11) is 0. The molecule has 118 valence electrons. The van der Waals surface area contributed by atoms with Crippen LogP contribution in [-0.2, 0) is 11.0 Å². The molecule has 0 fully saturated rings. The number of nitrogens with one attached hydrogen (secondary N) is 1. The normalized spacial score (nSPS) is 13.9. The van der Waals surface area contributed by atoms with Gasteiger partial charge >= 0.3 is 6.18 Å². The second kappa shape index (κ2) is 6.23. The fraction of sp³-hybridized carbons (Fsp3) is 0.500. The van der Waals surface area contributed by atoms with E-state index in [0.29, 0.717) is 0 Å². The second-order valence-electron chi connectivity index (χ2n) is 5.95. The second-order valence-corrected chi connectivity index (χ2v) is 6.39. The van der Waals surface area contributed by atoms with E-state index in [1.54, 1.807) is 0 Å². The van der Waals surface area contributed by atoms with Crippen molar-refractivity contribution in [3.8, 4) is 0 Å². The molecule has 0 aromatic heterocycles. The highest BCUT2D eigenvalue weighted by molar-refractivity contribution is 6.31. The van der Waals surface area contributed by atoms with E-state index in [1.165, 1.54) is 6.07 Å². The summed E-state index contributed by atoms with van der Waals surface area (Å²) in [6.07, 6.45) is -4.51. The van der Waals surface area contributed by atoms with Crippen molar-refractivity contribution < 1.29 is 18.0 Å². The number of alkyl halides is 3. The van der Waals surface area contributed by atoms with E-state index in [9.17, 15) is 18.0 Å². The van der Waals surface area contributed by atoms with Crippen molar-refractivity contribution in [2.24, 2.45) is 11.1 Å². The monoisotopic (exact) mass is 322 g/mol. The molecule has 0 aliphatic heterocycles. The fourth-order valence-corrected chi connectivity index (χ4v) is 1.78. The lowest BCUT2D eigenvalue weighted by Gasteiger charge is -2.26. The number of hydrogen-bond donors (Lipinski definition) is 2. The number of carbonyl (C=O) groups is 1. The van der Waals surface area contributed by atoms with Gasteiger partial charge in [0.2, 0.25) is 5.91 Å². The number of hydrogen-bond acceptors (Lipinski definition) is 2. The Kier molecular flexibility index (Phi) is 5.28. The van der Waals surface area contributed by atoms with Gasteiger partial charge in [-0.25, -0.2) is 0 Å². The minimum absolute atomic E-state index is 0.000865. The number of nitrogens with two attached hydrogens (primary N) is 1. The number of benzene rings is 1. The van der Waals surface area contributed by atoms with E-state index < -0.39 is 23.7 Å². The van der Waals surface area contributed by atoms with Gasteiger partial charge in [-0.1, -0.05) is 32.4 Å². The molecule has 3 N–H and O–H groups in total. The van der Waals surface area contributed by atoms with Crippen molar-refractivity contribution >= 4 is 23.2 Å². The number of amides is 1. The molecule has 0 spiro atoms. The maximum absolute atomic E-state index is 12.7. The summed E-state index contributed by atoms with van der Waals surface area (Å²) >= 11 is 5.64. The van der Waals surface area contributed by atoms with Crippen LogP contribution in [0.3, 0.4) is 0 Å². The average molecular weight is 323 g/mol. The van der Waals surface area contributed by atoms with Crippen LogP contribution in [0.4, 0.5) is 18.9 Å². The molecule has 0 heterocycles. The standard InChI is InChI=1S/C14H18ClF3N2O/c1-13(2,3)11(19)7-12(21)20-10-5-8(14(16,17)18)4-9(15)6-10/h4-6,11H,7,19H2,1-3H3,(H,20,21). The summed E-state index contributed by atoms with van der Waals surface area (Å²) in [4.78, 5) is 11.8. The number of halogens is 4. The Balaban J connectivity index is 2.84. The molecule has 1 amide bonds. The minimum atomic E-state index is -4.52. The topological polar surface area (TPSA) is 55.1 Å². The molecule has 0 bridgehead atoms. The molecule has 1 aromatic carbocycles. The lowest BCUT2D eigenvalue weighted by Crippen LogP contribution is -2.38. The maximum atomic E-state index is 12.7. The first kappa shape index (κ1) is 17.8. The molecule has 3 nitrogen and oxygen atoms in total. The molecule has 0 saturated heterocycles. The van der Waals surface area contributed by atoms with Gasteiger partial charge in [0.15, 0.2) is 0 Å². The van der Waals surface area contributed by atoms with E-state index in [1.807, 2.05) is 20.8 Å². The Morgan fingerprint density at radius 3 is 2.33 bits per heavy atom. The maximum Gasteiger partial charge on any atom is 0.416 e. The highest BCUT2D eigenvalue weighted by Crippen LogP contribution is 2.33. The van der Waals surface area contributed by atoms with Crippen molar-refractivity contribution in [3.05, 3.63) is 28.8 Å². The molecule has 1 rings (SSSR count). The van der Waals surface area contributed by atoms with Gasteiger partial charge in [0.1, 0.15) is 0 Å². The van der Waals surface area contributed by atoms with Crippen molar-refractivity contribution in [2.75, 3.05) is 5.32 Å². The summed E-state index contributed by atoms with van der Waals surface area (Å²) in [5, 5.41) is 2.30. The third kappa shape index (κ3) is 5.55. The number of rotatable bonds is 3. The predicted octanol–water partition coefficient (Wildman–Crippen LogP) is 4.06. The van der Waals surface area contributed by atoms with E-state index in [2.05, 4.69) is 5.32 Å². The van der Waals surface area contributed by atoms with Crippen molar-refractivity contribution in [3.63, 3.8) is 0 Å². The molecule has 21 heavy (non-hydrogen) atoms. The lowest BCUT2D eigenvalue weighted by molar-refractivity contribution is -0.137.